The Hall–Kier alpha value is -2.27. The van der Waals surface area contributed by atoms with Crippen LogP contribution in [0.15, 0.2) is 30.3 Å². The Morgan fingerprint density at radius 2 is 1.85 bits per heavy atom. The molecule has 0 spiro atoms. The molecular weight excluding hydrogens is 354 g/mol. The van der Waals surface area contributed by atoms with Crippen molar-refractivity contribution >= 4 is 27.5 Å². The molecule has 3 rings (SSSR count). The van der Waals surface area contributed by atoms with Crippen molar-refractivity contribution in [2.75, 3.05) is 0 Å². The largest absolute Gasteiger partial charge is 0.345 e. The fraction of sp³-hybridized carbons (Fsp3) is 0.409. The summed E-state index contributed by atoms with van der Waals surface area (Å²) in [5.74, 6) is 1.29. The minimum atomic E-state index is -0.0255. The zero-order chi connectivity index (χ0) is 19.6. The predicted octanol–water partition coefficient (Wildman–Crippen LogP) is 5.39. The first-order valence-electron chi connectivity index (χ1n) is 9.53. The highest BCUT2D eigenvalue weighted by molar-refractivity contribution is 7.20. The summed E-state index contributed by atoms with van der Waals surface area (Å²) in [6.07, 6.45) is 1.69. The van der Waals surface area contributed by atoms with E-state index in [1.807, 2.05) is 39.0 Å². The summed E-state index contributed by atoms with van der Waals surface area (Å²) in [5.41, 5.74) is 3.07. The SMILES string of the molecule is CCc1nc(C)c2c(C)c(C(=O)NC(CC(C)C)c3ccccc3)sc2n1. The number of nitrogens with one attached hydrogen (secondary N) is 1. The van der Waals surface area contributed by atoms with Gasteiger partial charge in [-0.15, -0.1) is 11.3 Å². The van der Waals surface area contributed by atoms with Crippen LogP contribution in [0.4, 0.5) is 0 Å². The average Bonchev–Trinajstić information content (AvgIpc) is 2.98. The van der Waals surface area contributed by atoms with Gasteiger partial charge in [0.15, 0.2) is 0 Å². The number of hydrogen-bond acceptors (Lipinski definition) is 4. The molecule has 1 amide bonds. The van der Waals surface area contributed by atoms with Crippen LogP contribution in [-0.2, 0) is 6.42 Å². The molecule has 5 heteroatoms. The van der Waals surface area contributed by atoms with E-state index in [9.17, 15) is 4.79 Å². The van der Waals surface area contributed by atoms with Gasteiger partial charge in [-0.05, 0) is 37.3 Å². The molecule has 2 heterocycles. The third kappa shape index (κ3) is 4.19. The molecule has 0 fully saturated rings. The summed E-state index contributed by atoms with van der Waals surface area (Å²) in [6, 6.07) is 10.2. The normalized spacial score (nSPS) is 12.5. The number of aryl methyl sites for hydroxylation is 3. The number of fused-ring (bicyclic) bond motifs is 1. The van der Waals surface area contributed by atoms with Crippen LogP contribution in [0.3, 0.4) is 0 Å². The lowest BCUT2D eigenvalue weighted by molar-refractivity contribution is 0.0935. The molecule has 0 saturated heterocycles. The van der Waals surface area contributed by atoms with Gasteiger partial charge in [-0.2, -0.15) is 0 Å². The number of thiophene rings is 1. The van der Waals surface area contributed by atoms with Crippen LogP contribution in [0, 0.1) is 19.8 Å². The number of nitrogens with zero attached hydrogens (tertiary/aromatic N) is 2. The number of hydrogen-bond donors (Lipinski definition) is 1. The van der Waals surface area contributed by atoms with Crippen molar-refractivity contribution in [3.05, 3.63) is 57.9 Å². The summed E-state index contributed by atoms with van der Waals surface area (Å²) < 4.78 is 0. The van der Waals surface area contributed by atoms with Crippen LogP contribution >= 0.6 is 11.3 Å². The Balaban J connectivity index is 1.94. The lowest BCUT2D eigenvalue weighted by Crippen LogP contribution is -2.29. The topological polar surface area (TPSA) is 54.9 Å². The van der Waals surface area contributed by atoms with Crippen molar-refractivity contribution in [3.8, 4) is 0 Å². The Kier molecular flexibility index (Phi) is 5.90. The maximum absolute atomic E-state index is 13.1. The molecule has 0 bridgehead atoms. The van der Waals surface area contributed by atoms with Crippen LogP contribution in [-0.4, -0.2) is 15.9 Å². The number of rotatable bonds is 6. The van der Waals surface area contributed by atoms with Gasteiger partial charge >= 0.3 is 0 Å². The van der Waals surface area contributed by atoms with Crippen molar-refractivity contribution < 1.29 is 4.79 Å². The molecule has 3 aromatic rings. The number of carbonyl (C=O) groups is 1. The van der Waals surface area contributed by atoms with Crippen molar-refractivity contribution in [1.82, 2.24) is 15.3 Å². The van der Waals surface area contributed by atoms with Gasteiger partial charge in [0.05, 0.1) is 10.9 Å². The first kappa shape index (κ1) is 19.5. The standard InChI is InChI=1S/C22H27N3OS/c1-6-18-23-15(5)19-14(4)20(27-22(19)25-18)21(26)24-17(12-13(2)3)16-10-8-7-9-11-16/h7-11,13,17H,6,12H2,1-5H3,(H,24,26). The molecule has 0 saturated carbocycles. The van der Waals surface area contributed by atoms with Gasteiger partial charge in [-0.1, -0.05) is 51.1 Å². The van der Waals surface area contributed by atoms with E-state index in [0.29, 0.717) is 5.92 Å². The van der Waals surface area contributed by atoms with Gasteiger partial charge in [0.2, 0.25) is 0 Å². The minimum absolute atomic E-state index is 0.00157. The van der Waals surface area contributed by atoms with Crippen molar-refractivity contribution in [1.29, 1.82) is 0 Å². The number of aromatic nitrogens is 2. The molecule has 0 aliphatic rings. The summed E-state index contributed by atoms with van der Waals surface area (Å²) in [6.45, 7) is 10.4. The summed E-state index contributed by atoms with van der Waals surface area (Å²) in [5, 5.41) is 4.27. The summed E-state index contributed by atoms with van der Waals surface area (Å²) >= 11 is 1.47. The maximum Gasteiger partial charge on any atom is 0.262 e. The fourth-order valence-corrected chi connectivity index (χ4v) is 4.58. The first-order valence-corrected chi connectivity index (χ1v) is 10.3. The number of carbonyl (C=O) groups excluding carboxylic acids is 1. The molecule has 0 aliphatic heterocycles. The summed E-state index contributed by atoms with van der Waals surface area (Å²) in [7, 11) is 0. The van der Waals surface area contributed by atoms with E-state index >= 15 is 0 Å². The van der Waals surface area contributed by atoms with E-state index in [-0.39, 0.29) is 11.9 Å². The van der Waals surface area contributed by atoms with Crippen LogP contribution < -0.4 is 5.32 Å². The number of amides is 1. The Labute approximate surface area is 165 Å². The molecule has 4 nitrogen and oxygen atoms in total. The van der Waals surface area contributed by atoms with Crippen molar-refractivity contribution in [2.45, 2.75) is 53.5 Å². The van der Waals surface area contributed by atoms with E-state index in [4.69, 9.17) is 0 Å². The summed E-state index contributed by atoms with van der Waals surface area (Å²) in [4.78, 5) is 24.0. The van der Waals surface area contributed by atoms with Crippen LogP contribution in [0.5, 0.6) is 0 Å². The van der Waals surface area contributed by atoms with E-state index in [1.54, 1.807) is 0 Å². The van der Waals surface area contributed by atoms with E-state index < -0.39 is 0 Å². The quantitative estimate of drug-likeness (QED) is 0.623. The maximum atomic E-state index is 13.1. The van der Waals surface area contributed by atoms with Gasteiger partial charge < -0.3 is 5.32 Å². The molecule has 0 aliphatic carbocycles. The predicted molar refractivity (Wildman–Crippen MR) is 112 cm³/mol. The van der Waals surface area contributed by atoms with Gasteiger partial charge in [0, 0.05) is 17.5 Å². The monoisotopic (exact) mass is 381 g/mol. The molecule has 27 heavy (non-hydrogen) atoms. The molecule has 1 unspecified atom stereocenters. The molecule has 1 aromatic carbocycles. The van der Waals surface area contributed by atoms with Gasteiger partial charge in [0.25, 0.3) is 5.91 Å². The zero-order valence-electron chi connectivity index (χ0n) is 16.7. The number of benzene rings is 1. The molecule has 1 atom stereocenters. The molecule has 142 valence electrons. The third-order valence-corrected chi connectivity index (χ3v) is 5.94. The third-order valence-electron chi connectivity index (χ3n) is 4.75. The highest BCUT2D eigenvalue weighted by Gasteiger charge is 2.22. The van der Waals surface area contributed by atoms with E-state index in [2.05, 4.69) is 41.3 Å². The Bertz CT molecular complexity index is 947. The highest BCUT2D eigenvalue weighted by atomic mass is 32.1. The second-order valence-corrected chi connectivity index (χ2v) is 8.38. The molecule has 1 N–H and O–H groups in total. The van der Waals surface area contributed by atoms with Crippen LogP contribution in [0.25, 0.3) is 10.2 Å². The van der Waals surface area contributed by atoms with Crippen molar-refractivity contribution in [3.63, 3.8) is 0 Å². The second kappa shape index (κ2) is 8.17. The average molecular weight is 382 g/mol. The lowest BCUT2D eigenvalue weighted by Gasteiger charge is -2.21. The lowest BCUT2D eigenvalue weighted by atomic mass is 9.97. The first-order chi connectivity index (χ1) is 12.9. The smallest absolute Gasteiger partial charge is 0.262 e. The molecular formula is C22H27N3OS. The van der Waals surface area contributed by atoms with Gasteiger partial charge in [-0.3, -0.25) is 4.79 Å². The van der Waals surface area contributed by atoms with Crippen LogP contribution in [0.1, 0.15) is 65.6 Å². The Morgan fingerprint density at radius 1 is 1.15 bits per heavy atom. The fourth-order valence-electron chi connectivity index (χ4n) is 3.43. The van der Waals surface area contributed by atoms with Crippen molar-refractivity contribution in [2.24, 2.45) is 5.92 Å². The van der Waals surface area contributed by atoms with E-state index in [1.165, 1.54) is 11.3 Å². The molecule has 0 radical (unpaired) electrons. The van der Waals surface area contributed by atoms with Gasteiger partial charge in [-0.25, -0.2) is 9.97 Å². The Morgan fingerprint density at radius 3 is 2.48 bits per heavy atom. The highest BCUT2D eigenvalue weighted by Crippen LogP contribution is 2.32. The second-order valence-electron chi connectivity index (χ2n) is 7.38. The van der Waals surface area contributed by atoms with Crippen LogP contribution in [0.2, 0.25) is 0 Å². The zero-order valence-corrected chi connectivity index (χ0v) is 17.5. The van der Waals surface area contributed by atoms with E-state index in [0.717, 1.165) is 50.6 Å². The minimum Gasteiger partial charge on any atom is -0.345 e. The molecule has 2 aromatic heterocycles. The van der Waals surface area contributed by atoms with Gasteiger partial charge in [0.1, 0.15) is 10.7 Å².